The Morgan fingerprint density at radius 1 is 1.37 bits per heavy atom. The number of benzene rings is 1. The molecule has 1 N–H and O–H groups in total. The van der Waals surface area contributed by atoms with Crippen molar-refractivity contribution in [3.8, 4) is 0 Å². The molecule has 0 radical (unpaired) electrons. The number of carbonyl (C=O) groups is 1. The van der Waals surface area contributed by atoms with Gasteiger partial charge < -0.3 is 10.0 Å². The number of hydrogen-bond acceptors (Lipinski definition) is 3. The fourth-order valence-electron chi connectivity index (χ4n) is 2.66. The highest BCUT2D eigenvalue weighted by molar-refractivity contribution is 5.68. The van der Waals surface area contributed by atoms with E-state index in [0.29, 0.717) is 6.04 Å². The molecule has 0 aliphatic carbocycles. The maximum Gasteiger partial charge on any atom is 0.305 e. The highest BCUT2D eigenvalue weighted by Gasteiger charge is 2.28. The molecular weight excluding hydrogens is 240 g/mol. The van der Waals surface area contributed by atoms with Gasteiger partial charge in [-0.15, -0.1) is 0 Å². The third-order valence-electron chi connectivity index (χ3n) is 3.98. The van der Waals surface area contributed by atoms with Crippen LogP contribution in [0.15, 0.2) is 30.3 Å². The standard InChI is InChI=1S/C15H22N2O2/c1-12-11-17(9-8-16(12)2)14(10-15(18)19)13-6-4-3-5-7-13/h3-7,12,14H,8-11H2,1-2H3,(H,18,19). The van der Waals surface area contributed by atoms with Gasteiger partial charge in [-0.05, 0) is 19.5 Å². The van der Waals surface area contributed by atoms with Crippen molar-refractivity contribution in [1.82, 2.24) is 9.80 Å². The zero-order valence-corrected chi connectivity index (χ0v) is 11.6. The highest BCUT2D eigenvalue weighted by Crippen LogP contribution is 2.26. The van der Waals surface area contributed by atoms with E-state index in [0.717, 1.165) is 25.2 Å². The number of likely N-dealkylation sites (N-methyl/N-ethyl adjacent to an activating group) is 1. The normalized spacial score (nSPS) is 23.2. The Morgan fingerprint density at radius 2 is 2.05 bits per heavy atom. The number of rotatable bonds is 4. The Kier molecular flexibility index (Phi) is 4.56. The van der Waals surface area contributed by atoms with Gasteiger partial charge in [-0.2, -0.15) is 0 Å². The van der Waals surface area contributed by atoms with Crippen molar-refractivity contribution in [3.05, 3.63) is 35.9 Å². The summed E-state index contributed by atoms with van der Waals surface area (Å²) in [5.41, 5.74) is 1.10. The first-order valence-corrected chi connectivity index (χ1v) is 6.79. The third kappa shape index (κ3) is 3.55. The van der Waals surface area contributed by atoms with Gasteiger partial charge in [0, 0.05) is 31.7 Å². The number of hydrogen-bond donors (Lipinski definition) is 1. The molecule has 0 spiro atoms. The van der Waals surface area contributed by atoms with Gasteiger partial charge in [-0.1, -0.05) is 30.3 Å². The molecule has 1 saturated heterocycles. The topological polar surface area (TPSA) is 43.8 Å². The van der Waals surface area contributed by atoms with Crippen LogP contribution in [-0.4, -0.2) is 53.6 Å². The van der Waals surface area contributed by atoms with E-state index in [-0.39, 0.29) is 12.5 Å². The largest absolute Gasteiger partial charge is 0.481 e. The second-order valence-electron chi connectivity index (χ2n) is 5.35. The lowest BCUT2D eigenvalue weighted by Crippen LogP contribution is -2.51. The molecule has 1 aromatic carbocycles. The molecule has 0 amide bonds. The summed E-state index contributed by atoms with van der Waals surface area (Å²) >= 11 is 0. The highest BCUT2D eigenvalue weighted by atomic mass is 16.4. The molecule has 2 atom stereocenters. The fraction of sp³-hybridized carbons (Fsp3) is 0.533. The smallest absolute Gasteiger partial charge is 0.305 e. The minimum atomic E-state index is -0.736. The predicted molar refractivity (Wildman–Crippen MR) is 75.1 cm³/mol. The van der Waals surface area contributed by atoms with E-state index in [2.05, 4.69) is 23.8 Å². The van der Waals surface area contributed by atoms with Crippen LogP contribution in [0.5, 0.6) is 0 Å². The monoisotopic (exact) mass is 262 g/mol. The fourth-order valence-corrected chi connectivity index (χ4v) is 2.66. The Morgan fingerprint density at radius 3 is 2.63 bits per heavy atom. The first kappa shape index (κ1) is 14.0. The molecule has 104 valence electrons. The van der Waals surface area contributed by atoms with Crippen molar-refractivity contribution < 1.29 is 9.90 Å². The van der Waals surface area contributed by atoms with E-state index < -0.39 is 5.97 Å². The minimum Gasteiger partial charge on any atom is -0.481 e. The number of piperazine rings is 1. The van der Waals surface area contributed by atoms with Gasteiger partial charge in [0.05, 0.1) is 6.42 Å². The summed E-state index contributed by atoms with van der Waals surface area (Å²) in [4.78, 5) is 15.8. The van der Waals surface area contributed by atoms with E-state index in [4.69, 9.17) is 5.11 Å². The quantitative estimate of drug-likeness (QED) is 0.899. The summed E-state index contributed by atoms with van der Waals surface area (Å²) < 4.78 is 0. The van der Waals surface area contributed by atoms with E-state index >= 15 is 0 Å². The summed E-state index contributed by atoms with van der Waals surface area (Å²) in [5, 5.41) is 9.16. The summed E-state index contributed by atoms with van der Waals surface area (Å²) in [6, 6.07) is 10.4. The second kappa shape index (κ2) is 6.17. The van der Waals surface area contributed by atoms with Gasteiger partial charge in [-0.25, -0.2) is 0 Å². The average Bonchev–Trinajstić information content (AvgIpc) is 2.40. The molecule has 2 rings (SSSR count). The van der Waals surface area contributed by atoms with Gasteiger partial charge in [0.25, 0.3) is 0 Å². The van der Waals surface area contributed by atoms with Crippen LogP contribution in [0.25, 0.3) is 0 Å². The third-order valence-corrected chi connectivity index (χ3v) is 3.98. The van der Waals surface area contributed by atoms with Gasteiger partial charge in [-0.3, -0.25) is 9.69 Å². The summed E-state index contributed by atoms with van der Waals surface area (Å²) in [6.07, 6.45) is 0.167. The van der Waals surface area contributed by atoms with Crippen LogP contribution in [0.2, 0.25) is 0 Å². The van der Waals surface area contributed by atoms with Crippen molar-refractivity contribution >= 4 is 5.97 Å². The summed E-state index contributed by atoms with van der Waals surface area (Å²) in [5.74, 6) is -0.736. The van der Waals surface area contributed by atoms with Crippen LogP contribution in [0.1, 0.15) is 24.9 Å². The Labute approximate surface area is 114 Å². The van der Waals surface area contributed by atoms with Gasteiger partial charge in [0.1, 0.15) is 0 Å². The Bertz CT molecular complexity index is 421. The minimum absolute atomic E-state index is 0.0187. The number of aliphatic carboxylic acids is 1. The average molecular weight is 262 g/mol. The van der Waals surface area contributed by atoms with Crippen molar-refractivity contribution in [2.75, 3.05) is 26.7 Å². The van der Waals surface area contributed by atoms with Crippen LogP contribution in [0.3, 0.4) is 0 Å². The summed E-state index contributed by atoms with van der Waals surface area (Å²) in [6.45, 7) is 5.02. The lowest BCUT2D eigenvalue weighted by Gasteiger charge is -2.41. The molecule has 19 heavy (non-hydrogen) atoms. The van der Waals surface area contributed by atoms with Crippen molar-refractivity contribution in [3.63, 3.8) is 0 Å². The molecule has 1 aliphatic rings. The lowest BCUT2D eigenvalue weighted by molar-refractivity contribution is -0.138. The second-order valence-corrected chi connectivity index (χ2v) is 5.35. The van der Waals surface area contributed by atoms with E-state index in [9.17, 15) is 4.79 Å². The van der Waals surface area contributed by atoms with Crippen LogP contribution < -0.4 is 0 Å². The number of nitrogens with zero attached hydrogens (tertiary/aromatic N) is 2. The van der Waals surface area contributed by atoms with Crippen molar-refractivity contribution in [2.24, 2.45) is 0 Å². The lowest BCUT2D eigenvalue weighted by atomic mass is 10.00. The zero-order chi connectivity index (χ0) is 13.8. The molecule has 1 heterocycles. The molecule has 1 fully saturated rings. The van der Waals surface area contributed by atoms with Crippen LogP contribution in [0.4, 0.5) is 0 Å². The van der Waals surface area contributed by atoms with E-state index in [1.54, 1.807) is 0 Å². The van der Waals surface area contributed by atoms with Gasteiger partial charge in [0.2, 0.25) is 0 Å². The maximum absolute atomic E-state index is 11.1. The molecule has 0 aromatic heterocycles. The Hall–Kier alpha value is -1.39. The Balaban J connectivity index is 2.16. The van der Waals surface area contributed by atoms with Crippen molar-refractivity contribution in [2.45, 2.75) is 25.4 Å². The first-order valence-electron chi connectivity index (χ1n) is 6.79. The van der Waals surface area contributed by atoms with Gasteiger partial charge >= 0.3 is 5.97 Å². The summed E-state index contributed by atoms with van der Waals surface area (Å²) in [7, 11) is 2.12. The molecular formula is C15H22N2O2. The van der Waals surface area contributed by atoms with Gasteiger partial charge in [0.15, 0.2) is 0 Å². The molecule has 0 saturated carbocycles. The molecule has 4 nitrogen and oxygen atoms in total. The molecule has 1 aromatic rings. The zero-order valence-electron chi connectivity index (χ0n) is 11.6. The van der Waals surface area contributed by atoms with E-state index in [1.165, 1.54) is 0 Å². The molecule has 0 bridgehead atoms. The molecule has 1 aliphatic heterocycles. The number of carboxylic acids is 1. The maximum atomic E-state index is 11.1. The van der Waals surface area contributed by atoms with Crippen LogP contribution >= 0.6 is 0 Å². The first-order chi connectivity index (χ1) is 9.08. The number of carboxylic acid groups (broad SMARTS) is 1. The predicted octanol–water partition coefficient (Wildman–Crippen LogP) is 1.84. The van der Waals surface area contributed by atoms with Crippen LogP contribution in [0, 0.1) is 0 Å². The van der Waals surface area contributed by atoms with E-state index in [1.807, 2.05) is 30.3 Å². The van der Waals surface area contributed by atoms with Crippen LogP contribution in [-0.2, 0) is 4.79 Å². The molecule has 4 heteroatoms. The molecule has 2 unspecified atom stereocenters. The van der Waals surface area contributed by atoms with Crippen molar-refractivity contribution in [1.29, 1.82) is 0 Å². The SMILES string of the molecule is CC1CN(C(CC(=O)O)c2ccccc2)CCN1C.